The first kappa shape index (κ1) is 21.3. The lowest BCUT2D eigenvalue weighted by molar-refractivity contribution is -0.115. The average Bonchev–Trinajstić information content (AvgIpc) is 3.21. The van der Waals surface area contributed by atoms with Crippen LogP contribution in [-0.4, -0.2) is 45.3 Å². The van der Waals surface area contributed by atoms with Gasteiger partial charge < -0.3 is 20.7 Å². The van der Waals surface area contributed by atoms with Crippen molar-refractivity contribution in [1.29, 1.82) is 0 Å². The Bertz CT molecular complexity index is 1010. The first-order valence-electron chi connectivity index (χ1n) is 9.06. The van der Waals surface area contributed by atoms with E-state index < -0.39 is 24.7 Å². The van der Waals surface area contributed by atoms with Gasteiger partial charge >= 0.3 is 6.18 Å². The van der Waals surface area contributed by atoms with Crippen LogP contribution < -0.4 is 10.6 Å². The van der Waals surface area contributed by atoms with Crippen molar-refractivity contribution in [2.24, 2.45) is 0 Å². The standard InChI is InChI=1S/C20H20F3N5O2/c1-12-8-25-19(26-11-20(21,22)23)28-17(12)14-7-15(24-9-14)18(30)27-16(10-29)13-5-3-2-4-6-13/h2-9,16,24,29H,10-11H2,1H3,(H,27,30)(H,25,26,28)/t16-/m1/s1. The van der Waals surface area contributed by atoms with E-state index in [9.17, 15) is 23.1 Å². The van der Waals surface area contributed by atoms with E-state index in [4.69, 9.17) is 0 Å². The Kier molecular flexibility index (Phi) is 6.36. The number of H-pyrrole nitrogens is 1. The maximum atomic E-state index is 12.6. The number of nitrogens with one attached hydrogen (secondary N) is 3. The van der Waals surface area contributed by atoms with Gasteiger partial charge in [-0.3, -0.25) is 4.79 Å². The zero-order chi connectivity index (χ0) is 21.7. The van der Waals surface area contributed by atoms with Gasteiger partial charge in [0.25, 0.3) is 5.91 Å². The number of nitrogens with zero attached hydrogens (tertiary/aromatic N) is 2. The van der Waals surface area contributed by atoms with E-state index in [1.54, 1.807) is 31.2 Å². The molecule has 0 fully saturated rings. The zero-order valence-corrected chi connectivity index (χ0v) is 16.0. The number of benzene rings is 1. The van der Waals surface area contributed by atoms with Crippen molar-refractivity contribution in [1.82, 2.24) is 20.3 Å². The normalized spacial score (nSPS) is 12.4. The van der Waals surface area contributed by atoms with Gasteiger partial charge in [0.2, 0.25) is 5.95 Å². The number of aryl methyl sites for hydroxylation is 1. The molecule has 30 heavy (non-hydrogen) atoms. The van der Waals surface area contributed by atoms with E-state index in [1.807, 2.05) is 6.07 Å². The Balaban J connectivity index is 1.76. The second-order valence-electron chi connectivity index (χ2n) is 6.62. The van der Waals surface area contributed by atoms with Crippen LogP contribution in [0.3, 0.4) is 0 Å². The molecule has 0 aliphatic carbocycles. The van der Waals surface area contributed by atoms with Gasteiger partial charge in [-0.05, 0) is 24.1 Å². The van der Waals surface area contributed by atoms with Crippen LogP contribution in [0.1, 0.15) is 27.7 Å². The molecule has 0 aliphatic rings. The third kappa shape index (κ3) is 5.35. The number of hydrogen-bond donors (Lipinski definition) is 4. The molecule has 0 saturated heterocycles. The summed E-state index contributed by atoms with van der Waals surface area (Å²) in [5, 5.41) is 14.5. The lowest BCUT2D eigenvalue weighted by Gasteiger charge is -2.16. The molecule has 2 aromatic heterocycles. The molecule has 0 unspecified atom stereocenters. The number of carbonyl (C=O) groups excluding carboxylic acids is 1. The fourth-order valence-electron chi connectivity index (χ4n) is 2.82. The number of aliphatic hydroxyl groups excluding tert-OH is 1. The molecule has 158 valence electrons. The Hall–Kier alpha value is -3.40. The van der Waals surface area contributed by atoms with E-state index in [-0.39, 0.29) is 18.2 Å². The Labute approximate surface area is 170 Å². The minimum Gasteiger partial charge on any atom is -0.394 e. The second kappa shape index (κ2) is 8.95. The Morgan fingerprint density at radius 1 is 1.27 bits per heavy atom. The van der Waals surface area contributed by atoms with Crippen molar-refractivity contribution in [2.45, 2.75) is 19.1 Å². The number of alkyl halides is 3. The summed E-state index contributed by atoms with van der Waals surface area (Å²) in [6.07, 6.45) is -1.45. The number of amides is 1. The van der Waals surface area contributed by atoms with Crippen LogP contribution in [0.4, 0.5) is 19.1 Å². The van der Waals surface area contributed by atoms with Crippen molar-refractivity contribution in [3.05, 3.63) is 65.6 Å². The first-order valence-corrected chi connectivity index (χ1v) is 9.06. The van der Waals surface area contributed by atoms with Gasteiger partial charge in [0, 0.05) is 18.0 Å². The lowest BCUT2D eigenvalue weighted by Crippen LogP contribution is -2.30. The van der Waals surface area contributed by atoms with Crippen LogP contribution in [0.5, 0.6) is 0 Å². The second-order valence-corrected chi connectivity index (χ2v) is 6.62. The van der Waals surface area contributed by atoms with Crippen molar-refractivity contribution in [2.75, 3.05) is 18.5 Å². The number of aliphatic hydroxyl groups is 1. The summed E-state index contributed by atoms with van der Waals surface area (Å²) >= 11 is 0. The number of carbonyl (C=O) groups is 1. The quantitative estimate of drug-likeness (QED) is 0.471. The summed E-state index contributed by atoms with van der Waals surface area (Å²) in [5.74, 6) is -0.601. The minimum absolute atomic E-state index is 0.162. The van der Waals surface area contributed by atoms with E-state index >= 15 is 0 Å². The van der Waals surface area contributed by atoms with Gasteiger partial charge in [0.1, 0.15) is 12.2 Å². The highest BCUT2D eigenvalue weighted by Crippen LogP contribution is 2.24. The molecule has 0 aliphatic heterocycles. The summed E-state index contributed by atoms with van der Waals surface area (Å²) in [6.45, 7) is 0.188. The number of aromatic nitrogens is 3. The van der Waals surface area contributed by atoms with Gasteiger partial charge in [-0.15, -0.1) is 0 Å². The zero-order valence-electron chi connectivity index (χ0n) is 16.0. The molecule has 3 rings (SSSR count). The summed E-state index contributed by atoms with van der Waals surface area (Å²) < 4.78 is 37.2. The monoisotopic (exact) mass is 419 g/mol. The molecule has 0 bridgehead atoms. The fourth-order valence-corrected chi connectivity index (χ4v) is 2.82. The highest BCUT2D eigenvalue weighted by Gasteiger charge is 2.27. The van der Waals surface area contributed by atoms with Crippen molar-refractivity contribution in [3.63, 3.8) is 0 Å². The van der Waals surface area contributed by atoms with Gasteiger partial charge in [0.05, 0.1) is 18.3 Å². The lowest BCUT2D eigenvalue weighted by atomic mass is 10.1. The number of rotatable bonds is 7. The van der Waals surface area contributed by atoms with Gasteiger partial charge in [0.15, 0.2) is 0 Å². The first-order chi connectivity index (χ1) is 14.3. The highest BCUT2D eigenvalue weighted by atomic mass is 19.4. The third-order valence-electron chi connectivity index (χ3n) is 4.31. The van der Waals surface area contributed by atoms with E-state index in [0.717, 1.165) is 5.56 Å². The molecule has 1 aromatic carbocycles. The molecule has 1 amide bonds. The molecule has 3 aromatic rings. The smallest absolute Gasteiger partial charge is 0.394 e. The summed E-state index contributed by atoms with van der Waals surface area (Å²) in [4.78, 5) is 23.4. The molecule has 0 saturated carbocycles. The molecule has 7 nitrogen and oxygen atoms in total. The van der Waals surface area contributed by atoms with Crippen molar-refractivity contribution < 1.29 is 23.1 Å². The van der Waals surface area contributed by atoms with Crippen LogP contribution in [-0.2, 0) is 0 Å². The van der Waals surface area contributed by atoms with Crippen molar-refractivity contribution >= 4 is 11.9 Å². The highest BCUT2D eigenvalue weighted by molar-refractivity contribution is 5.94. The van der Waals surface area contributed by atoms with E-state index in [2.05, 4.69) is 25.6 Å². The van der Waals surface area contributed by atoms with Crippen LogP contribution in [0.15, 0.2) is 48.8 Å². The maximum Gasteiger partial charge on any atom is 0.405 e. The number of aromatic amines is 1. The SMILES string of the molecule is Cc1cnc(NCC(F)(F)F)nc1-c1c[nH]c(C(=O)N[C@H](CO)c2ccccc2)c1. The predicted octanol–water partition coefficient (Wildman–Crippen LogP) is 3.22. The fraction of sp³-hybridized carbons (Fsp3) is 0.250. The molecule has 0 spiro atoms. The number of anilines is 1. The molecular weight excluding hydrogens is 399 g/mol. The number of halogens is 3. The van der Waals surface area contributed by atoms with Crippen LogP contribution >= 0.6 is 0 Å². The van der Waals surface area contributed by atoms with Crippen LogP contribution in [0, 0.1) is 6.92 Å². The van der Waals surface area contributed by atoms with Gasteiger partial charge in [-0.2, -0.15) is 13.2 Å². The molecule has 4 N–H and O–H groups in total. The van der Waals surface area contributed by atoms with Gasteiger partial charge in [-0.25, -0.2) is 9.97 Å². The molecule has 2 heterocycles. The maximum absolute atomic E-state index is 12.6. The van der Waals surface area contributed by atoms with E-state index in [1.165, 1.54) is 18.5 Å². The Morgan fingerprint density at radius 3 is 2.67 bits per heavy atom. The molecule has 10 heteroatoms. The minimum atomic E-state index is -4.39. The van der Waals surface area contributed by atoms with Crippen LogP contribution in [0.2, 0.25) is 0 Å². The van der Waals surface area contributed by atoms with E-state index in [0.29, 0.717) is 16.8 Å². The molecule has 0 radical (unpaired) electrons. The largest absolute Gasteiger partial charge is 0.405 e. The molecular formula is C20H20F3N5O2. The van der Waals surface area contributed by atoms with Crippen LogP contribution in [0.25, 0.3) is 11.3 Å². The summed E-state index contributed by atoms with van der Waals surface area (Å²) in [7, 11) is 0. The average molecular weight is 419 g/mol. The topological polar surface area (TPSA) is 103 Å². The third-order valence-corrected chi connectivity index (χ3v) is 4.31. The number of hydrogen-bond acceptors (Lipinski definition) is 5. The summed E-state index contributed by atoms with van der Waals surface area (Å²) in [6, 6.07) is 9.99. The Morgan fingerprint density at radius 2 is 2.00 bits per heavy atom. The molecule has 1 atom stereocenters. The van der Waals surface area contributed by atoms with Crippen molar-refractivity contribution in [3.8, 4) is 11.3 Å². The predicted molar refractivity (Wildman–Crippen MR) is 105 cm³/mol. The van der Waals surface area contributed by atoms with Gasteiger partial charge in [-0.1, -0.05) is 30.3 Å². The summed E-state index contributed by atoms with van der Waals surface area (Å²) in [5.41, 5.74) is 2.53.